The number of halogens is 3. The minimum absolute atomic E-state index is 0.0849. The molecule has 2 unspecified atom stereocenters. The number of aliphatic hydroxyl groups is 1. The highest BCUT2D eigenvalue weighted by Crippen LogP contribution is 2.56. The Morgan fingerprint density at radius 2 is 1.84 bits per heavy atom. The van der Waals surface area contributed by atoms with E-state index in [-0.39, 0.29) is 15.8 Å². The van der Waals surface area contributed by atoms with Crippen molar-refractivity contribution in [1.82, 2.24) is 4.31 Å². The summed E-state index contributed by atoms with van der Waals surface area (Å²) in [5.41, 5.74) is -5.63. The molecule has 1 saturated heterocycles. The standard InChI is InChI=1S/C15H18F3NO5S/c1-4-24-12(20)13(3,21)14(15(16,17)18)9-19(14)25(22,23)11-7-5-10(2)6-8-11/h5-8,21H,4,9H2,1-3H3/t13?,14-,19?/m0/s1. The highest BCUT2D eigenvalue weighted by Gasteiger charge is 2.83. The largest absolute Gasteiger partial charge is 0.464 e. The first kappa shape index (κ1) is 19.7. The topological polar surface area (TPSA) is 83.7 Å². The number of ether oxygens (including phenoxy) is 1. The third kappa shape index (κ3) is 2.91. The molecule has 0 radical (unpaired) electrons. The van der Waals surface area contributed by atoms with Crippen LogP contribution in [-0.2, 0) is 19.6 Å². The summed E-state index contributed by atoms with van der Waals surface area (Å²) in [5.74, 6) is -1.53. The Morgan fingerprint density at radius 1 is 1.32 bits per heavy atom. The Balaban J connectivity index is 2.50. The molecule has 1 fully saturated rings. The second kappa shape index (κ2) is 5.96. The van der Waals surface area contributed by atoms with Gasteiger partial charge in [-0.1, -0.05) is 17.7 Å². The number of nitrogens with zero attached hydrogens (tertiary/aromatic N) is 1. The molecule has 0 saturated carbocycles. The van der Waals surface area contributed by atoms with Crippen molar-refractivity contribution in [1.29, 1.82) is 0 Å². The smallest absolute Gasteiger partial charge is 0.412 e. The van der Waals surface area contributed by atoms with Crippen molar-refractivity contribution in [2.45, 2.75) is 43.0 Å². The van der Waals surface area contributed by atoms with Crippen LogP contribution >= 0.6 is 0 Å². The molecule has 1 aliphatic heterocycles. The first-order chi connectivity index (χ1) is 11.3. The molecule has 1 aromatic carbocycles. The molecule has 25 heavy (non-hydrogen) atoms. The molecule has 0 spiro atoms. The van der Waals surface area contributed by atoms with Crippen LogP contribution in [0.3, 0.4) is 0 Å². The molecule has 1 aromatic rings. The number of carbonyl (C=O) groups excluding carboxylic acids is 1. The highest BCUT2D eigenvalue weighted by molar-refractivity contribution is 7.89. The van der Waals surface area contributed by atoms with Crippen LogP contribution in [0.15, 0.2) is 29.2 Å². The zero-order chi connectivity index (χ0) is 19.3. The molecule has 1 N–H and O–H groups in total. The van der Waals surface area contributed by atoms with Crippen molar-refractivity contribution in [3.05, 3.63) is 29.8 Å². The van der Waals surface area contributed by atoms with Gasteiger partial charge in [0.15, 0.2) is 11.1 Å². The summed E-state index contributed by atoms with van der Waals surface area (Å²) in [4.78, 5) is 11.5. The third-order valence-electron chi connectivity index (χ3n) is 4.25. The number of benzene rings is 1. The number of carbonyl (C=O) groups is 1. The van der Waals surface area contributed by atoms with E-state index < -0.39 is 39.9 Å². The molecule has 2 rings (SSSR count). The molecule has 1 heterocycles. The average molecular weight is 381 g/mol. The van der Waals surface area contributed by atoms with E-state index in [1.54, 1.807) is 6.92 Å². The number of esters is 1. The van der Waals surface area contributed by atoms with E-state index in [4.69, 9.17) is 0 Å². The van der Waals surface area contributed by atoms with Gasteiger partial charge in [0, 0.05) is 6.54 Å². The molecule has 3 atom stereocenters. The van der Waals surface area contributed by atoms with Crippen LogP contribution in [0.4, 0.5) is 13.2 Å². The number of rotatable bonds is 5. The second-order valence-electron chi connectivity index (χ2n) is 5.98. The number of hydrogen-bond acceptors (Lipinski definition) is 5. The summed E-state index contributed by atoms with van der Waals surface area (Å²) in [5, 5.41) is 10.3. The van der Waals surface area contributed by atoms with Crippen LogP contribution in [0.5, 0.6) is 0 Å². The molecular weight excluding hydrogens is 363 g/mol. The summed E-state index contributed by atoms with van der Waals surface area (Å²) in [6.07, 6.45) is -5.18. The van der Waals surface area contributed by atoms with E-state index in [0.717, 1.165) is 5.56 Å². The number of alkyl halides is 3. The monoisotopic (exact) mass is 381 g/mol. The minimum atomic E-state index is -5.18. The van der Waals surface area contributed by atoms with Crippen molar-refractivity contribution < 1.29 is 36.2 Å². The van der Waals surface area contributed by atoms with Crippen molar-refractivity contribution in [3.63, 3.8) is 0 Å². The van der Waals surface area contributed by atoms with E-state index in [9.17, 15) is 31.5 Å². The van der Waals surface area contributed by atoms with Gasteiger partial charge in [0.1, 0.15) is 0 Å². The molecule has 0 amide bonds. The molecule has 10 heteroatoms. The second-order valence-corrected chi connectivity index (χ2v) is 7.84. The molecule has 1 aliphatic rings. The zero-order valence-corrected chi connectivity index (χ0v) is 14.6. The fourth-order valence-corrected chi connectivity index (χ4v) is 4.43. The number of hydrogen-bond donors (Lipinski definition) is 1. The Labute approximate surface area is 143 Å². The maximum atomic E-state index is 13.7. The van der Waals surface area contributed by atoms with Crippen molar-refractivity contribution in [2.24, 2.45) is 0 Å². The van der Waals surface area contributed by atoms with Crippen LogP contribution in [0, 0.1) is 6.92 Å². The van der Waals surface area contributed by atoms with Gasteiger partial charge >= 0.3 is 12.1 Å². The van der Waals surface area contributed by atoms with Crippen molar-refractivity contribution in [2.75, 3.05) is 13.2 Å². The van der Waals surface area contributed by atoms with E-state index in [1.807, 2.05) is 0 Å². The van der Waals surface area contributed by atoms with Gasteiger partial charge in [-0.25, -0.2) is 13.2 Å². The molecule has 140 valence electrons. The Hall–Kier alpha value is -1.65. The van der Waals surface area contributed by atoms with Gasteiger partial charge in [-0.05, 0) is 32.9 Å². The van der Waals surface area contributed by atoms with Gasteiger partial charge in [0.25, 0.3) is 0 Å². The van der Waals surface area contributed by atoms with Crippen LogP contribution in [0.2, 0.25) is 0 Å². The lowest BCUT2D eigenvalue weighted by molar-refractivity contribution is -0.222. The van der Waals surface area contributed by atoms with Crippen LogP contribution in [-0.4, -0.2) is 54.3 Å². The highest BCUT2D eigenvalue weighted by atomic mass is 32.2. The maximum Gasteiger partial charge on any atom is 0.412 e. The number of aryl methyl sites for hydroxylation is 1. The molecule has 6 nitrogen and oxygen atoms in total. The van der Waals surface area contributed by atoms with E-state index >= 15 is 0 Å². The first-order valence-corrected chi connectivity index (χ1v) is 8.82. The Kier molecular flexibility index (Phi) is 4.69. The average Bonchev–Trinajstić information content (AvgIpc) is 3.26. The summed E-state index contributed by atoms with van der Waals surface area (Å²) in [6, 6.07) is 5.22. The SMILES string of the molecule is CCOC(=O)C(C)(O)[C@]1(C(F)(F)F)CN1S(=O)(=O)c1ccc(C)cc1. The predicted molar refractivity (Wildman–Crippen MR) is 81.1 cm³/mol. The minimum Gasteiger partial charge on any atom is -0.464 e. The lowest BCUT2D eigenvalue weighted by Crippen LogP contribution is -2.60. The fraction of sp³-hybridized carbons (Fsp3) is 0.533. The van der Waals surface area contributed by atoms with E-state index in [0.29, 0.717) is 6.92 Å². The van der Waals surface area contributed by atoms with Gasteiger partial charge in [-0.2, -0.15) is 17.5 Å². The lowest BCUT2D eigenvalue weighted by Gasteiger charge is -2.32. The van der Waals surface area contributed by atoms with Gasteiger partial charge in [0.05, 0.1) is 11.5 Å². The van der Waals surface area contributed by atoms with Crippen molar-refractivity contribution >= 4 is 16.0 Å². The quantitative estimate of drug-likeness (QED) is 0.619. The first-order valence-electron chi connectivity index (χ1n) is 7.38. The van der Waals surface area contributed by atoms with Gasteiger partial charge in [-0.15, -0.1) is 0 Å². The summed E-state index contributed by atoms with van der Waals surface area (Å²) in [7, 11) is -4.56. The molecule has 0 aromatic heterocycles. The predicted octanol–water partition coefficient (Wildman–Crippen LogP) is 1.61. The Bertz CT molecular complexity index is 773. The van der Waals surface area contributed by atoms with E-state index in [1.165, 1.54) is 31.2 Å². The summed E-state index contributed by atoms with van der Waals surface area (Å²) < 4.78 is 70.7. The zero-order valence-electron chi connectivity index (χ0n) is 13.8. The fourth-order valence-electron chi connectivity index (χ4n) is 2.64. The van der Waals surface area contributed by atoms with Gasteiger partial charge in [-0.3, -0.25) is 0 Å². The van der Waals surface area contributed by atoms with E-state index in [2.05, 4.69) is 4.74 Å². The normalized spacial score (nSPS) is 26.0. The lowest BCUT2D eigenvalue weighted by atomic mass is 9.88. The molecular formula is C15H18F3NO5S. The third-order valence-corrected chi connectivity index (χ3v) is 6.14. The van der Waals surface area contributed by atoms with Gasteiger partial charge in [0.2, 0.25) is 10.0 Å². The van der Waals surface area contributed by atoms with Gasteiger partial charge < -0.3 is 9.84 Å². The van der Waals surface area contributed by atoms with Crippen LogP contribution in [0.1, 0.15) is 19.4 Å². The summed E-state index contributed by atoms with van der Waals surface area (Å²) >= 11 is 0. The van der Waals surface area contributed by atoms with Crippen LogP contribution in [0.25, 0.3) is 0 Å². The Morgan fingerprint density at radius 3 is 2.28 bits per heavy atom. The number of sulfonamides is 1. The maximum absolute atomic E-state index is 13.7. The molecule has 0 bridgehead atoms. The summed E-state index contributed by atoms with van der Waals surface area (Å²) in [6.45, 7) is 2.34. The van der Waals surface area contributed by atoms with Crippen LogP contribution < -0.4 is 0 Å². The van der Waals surface area contributed by atoms with Crippen molar-refractivity contribution in [3.8, 4) is 0 Å². The molecule has 0 aliphatic carbocycles.